The second kappa shape index (κ2) is 7.75. The van der Waals surface area contributed by atoms with Gasteiger partial charge in [0.05, 0.1) is 4.88 Å². The van der Waals surface area contributed by atoms with Crippen molar-refractivity contribution in [1.29, 1.82) is 0 Å². The van der Waals surface area contributed by atoms with Crippen LogP contribution in [0.4, 0.5) is 5.82 Å². The molecule has 1 fully saturated rings. The first-order valence-corrected chi connectivity index (χ1v) is 9.48. The van der Waals surface area contributed by atoms with Crippen LogP contribution >= 0.6 is 11.3 Å². The number of nitrogens with zero attached hydrogens (tertiary/aromatic N) is 3. The molecule has 5 nitrogen and oxygen atoms in total. The molecule has 1 aliphatic heterocycles. The minimum absolute atomic E-state index is 0.119. The van der Waals surface area contributed by atoms with Crippen LogP contribution in [0.25, 0.3) is 10.6 Å². The van der Waals surface area contributed by atoms with E-state index in [1.807, 2.05) is 23.6 Å². The van der Waals surface area contributed by atoms with E-state index in [1.165, 1.54) is 0 Å². The second-order valence-electron chi connectivity index (χ2n) is 6.33. The van der Waals surface area contributed by atoms with Crippen molar-refractivity contribution in [3.63, 3.8) is 0 Å². The number of carbonyl (C=O) groups excluding carboxylic acids is 1. The fraction of sp³-hybridized carbons (Fsp3) is 0.500. The van der Waals surface area contributed by atoms with Crippen LogP contribution in [0.3, 0.4) is 0 Å². The zero-order chi connectivity index (χ0) is 16.9. The second-order valence-corrected chi connectivity index (χ2v) is 7.28. The predicted octanol–water partition coefficient (Wildman–Crippen LogP) is 3.34. The van der Waals surface area contributed by atoms with E-state index >= 15 is 0 Å². The van der Waals surface area contributed by atoms with Crippen LogP contribution in [0.5, 0.6) is 0 Å². The van der Waals surface area contributed by atoms with E-state index in [1.54, 1.807) is 11.3 Å². The Morgan fingerprint density at radius 3 is 2.71 bits per heavy atom. The summed E-state index contributed by atoms with van der Waals surface area (Å²) in [6.07, 6.45) is 2.71. The van der Waals surface area contributed by atoms with Crippen molar-refractivity contribution in [3.05, 3.63) is 29.6 Å². The van der Waals surface area contributed by atoms with E-state index in [0.717, 1.165) is 48.7 Å². The van der Waals surface area contributed by atoms with E-state index in [-0.39, 0.29) is 17.9 Å². The molecule has 1 saturated heterocycles. The fourth-order valence-corrected chi connectivity index (χ4v) is 3.57. The molecule has 0 saturated carbocycles. The van der Waals surface area contributed by atoms with Crippen LogP contribution in [0.15, 0.2) is 29.6 Å². The Kier molecular flexibility index (Phi) is 5.45. The van der Waals surface area contributed by atoms with Gasteiger partial charge < -0.3 is 10.2 Å². The Balaban J connectivity index is 1.56. The monoisotopic (exact) mass is 344 g/mol. The third-order valence-electron chi connectivity index (χ3n) is 4.61. The van der Waals surface area contributed by atoms with Crippen molar-refractivity contribution < 1.29 is 4.79 Å². The first-order chi connectivity index (χ1) is 11.7. The van der Waals surface area contributed by atoms with Crippen molar-refractivity contribution in [3.8, 4) is 10.6 Å². The molecule has 2 aromatic rings. The number of aromatic nitrogens is 2. The summed E-state index contributed by atoms with van der Waals surface area (Å²) in [5.41, 5.74) is 0.913. The summed E-state index contributed by atoms with van der Waals surface area (Å²) in [6, 6.07) is 8.38. The maximum absolute atomic E-state index is 12.2. The SMILES string of the molecule is CC[C@H](C)NC(=O)C1CCN(c2ccc(-c3cccs3)nn2)CC1. The lowest BCUT2D eigenvalue weighted by Gasteiger charge is -2.32. The molecule has 2 aromatic heterocycles. The third kappa shape index (κ3) is 3.93. The van der Waals surface area contributed by atoms with Gasteiger partial charge in [0.25, 0.3) is 0 Å². The van der Waals surface area contributed by atoms with Gasteiger partial charge in [0, 0.05) is 25.0 Å². The molecular formula is C18H24N4OS. The van der Waals surface area contributed by atoms with Crippen molar-refractivity contribution in [2.45, 2.75) is 39.2 Å². The summed E-state index contributed by atoms with van der Waals surface area (Å²) >= 11 is 1.67. The average molecular weight is 344 g/mol. The highest BCUT2D eigenvalue weighted by Crippen LogP contribution is 2.25. The van der Waals surface area contributed by atoms with Gasteiger partial charge in [0.1, 0.15) is 5.69 Å². The van der Waals surface area contributed by atoms with E-state index in [9.17, 15) is 4.79 Å². The highest BCUT2D eigenvalue weighted by atomic mass is 32.1. The standard InChI is InChI=1S/C18H24N4OS/c1-3-13(2)19-18(23)14-8-10-22(11-9-14)17-7-6-15(20-21-17)16-5-4-12-24-16/h4-7,12-14H,3,8-11H2,1-2H3,(H,19,23)/t13-/m0/s1. The van der Waals surface area contributed by atoms with Gasteiger partial charge in [-0.2, -0.15) is 0 Å². The van der Waals surface area contributed by atoms with Gasteiger partial charge in [-0.1, -0.05) is 13.0 Å². The van der Waals surface area contributed by atoms with Gasteiger partial charge in [0.15, 0.2) is 5.82 Å². The number of nitrogens with one attached hydrogen (secondary N) is 1. The summed E-state index contributed by atoms with van der Waals surface area (Å²) in [5, 5.41) is 13.8. The lowest BCUT2D eigenvalue weighted by Crippen LogP contribution is -2.43. The fourth-order valence-electron chi connectivity index (χ4n) is 2.88. The minimum Gasteiger partial charge on any atom is -0.355 e. The third-order valence-corrected chi connectivity index (χ3v) is 5.51. The molecule has 0 aliphatic carbocycles. The number of hydrogen-bond donors (Lipinski definition) is 1. The van der Waals surface area contributed by atoms with E-state index in [2.05, 4.69) is 40.3 Å². The number of carbonyl (C=O) groups is 1. The quantitative estimate of drug-likeness (QED) is 0.904. The maximum Gasteiger partial charge on any atom is 0.223 e. The zero-order valence-corrected chi connectivity index (χ0v) is 15.1. The molecule has 1 atom stereocenters. The first kappa shape index (κ1) is 16.9. The van der Waals surface area contributed by atoms with E-state index in [0.29, 0.717) is 0 Å². The molecule has 1 N–H and O–H groups in total. The van der Waals surface area contributed by atoms with Gasteiger partial charge in [-0.25, -0.2) is 0 Å². The Labute approximate surface area is 147 Å². The van der Waals surface area contributed by atoms with Crippen molar-refractivity contribution in [2.24, 2.45) is 5.92 Å². The molecule has 0 spiro atoms. The number of hydrogen-bond acceptors (Lipinski definition) is 5. The average Bonchev–Trinajstić information content (AvgIpc) is 3.16. The molecule has 24 heavy (non-hydrogen) atoms. The molecule has 1 amide bonds. The summed E-state index contributed by atoms with van der Waals surface area (Å²) < 4.78 is 0. The van der Waals surface area contributed by atoms with Crippen LogP contribution < -0.4 is 10.2 Å². The number of rotatable bonds is 5. The number of amides is 1. The Hall–Kier alpha value is -1.95. The topological polar surface area (TPSA) is 58.1 Å². The molecule has 128 valence electrons. The van der Waals surface area contributed by atoms with E-state index in [4.69, 9.17) is 0 Å². The molecule has 0 aromatic carbocycles. The molecule has 0 unspecified atom stereocenters. The van der Waals surface area contributed by atoms with Crippen molar-refractivity contribution >= 4 is 23.1 Å². The molecule has 0 bridgehead atoms. The summed E-state index contributed by atoms with van der Waals surface area (Å²) in [7, 11) is 0. The van der Waals surface area contributed by atoms with Gasteiger partial charge in [-0.3, -0.25) is 4.79 Å². The van der Waals surface area contributed by atoms with Gasteiger partial charge in [-0.05, 0) is 49.8 Å². The van der Waals surface area contributed by atoms with Crippen molar-refractivity contribution in [2.75, 3.05) is 18.0 Å². The van der Waals surface area contributed by atoms with Crippen LogP contribution in [0.1, 0.15) is 33.1 Å². The number of anilines is 1. The van der Waals surface area contributed by atoms with Crippen LogP contribution in [0, 0.1) is 5.92 Å². The predicted molar refractivity (Wildman–Crippen MR) is 98.2 cm³/mol. The van der Waals surface area contributed by atoms with Gasteiger partial charge in [-0.15, -0.1) is 21.5 Å². The van der Waals surface area contributed by atoms with Crippen LogP contribution in [-0.4, -0.2) is 35.2 Å². The number of piperidine rings is 1. The maximum atomic E-state index is 12.2. The Morgan fingerprint density at radius 2 is 2.12 bits per heavy atom. The first-order valence-electron chi connectivity index (χ1n) is 8.60. The number of thiophene rings is 1. The van der Waals surface area contributed by atoms with Gasteiger partial charge in [0.2, 0.25) is 5.91 Å². The van der Waals surface area contributed by atoms with Crippen LogP contribution in [0.2, 0.25) is 0 Å². The highest BCUT2D eigenvalue weighted by Gasteiger charge is 2.26. The van der Waals surface area contributed by atoms with Gasteiger partial charge >= 0.3 is 0 Å². The Morgan fingerprint density at radius 1 is 1.33 bits per heavy atom. The lowest BCUT2D eigenvalue weighted by molar-refractivity contribution is -0.126. The largest absolute Gasteiger partial charge is 0.355 e. The smallest absolute Gasteiger partial charge is 0.223 e. The van der Waals surface area contributed by atoms with E-state index < -0.39 is 0 Å². The molecule has 3 rings (SSSR count). The molecular weight excluding hydrogens is 320 g/mol. The molecule has 6 heteroatoms. The lowest BCUT2D eigenvalue weighted by atomic mass is 9.95. The minimum atomic E-state index is 0.119. The van der Waals surface area contributed by atoms with Crippen molar-refractivity contribution in [1.82, 2.24) is 15.5 Å². The zero-order valence-electron chi connectivity index (χ0n) is 14.2. The highest BCUT2D eigenvalue weighted by molar-refractivity contribution is 7.13. The Bertz CT molecular complexity index is 648. The summed E-state index contributed by atoms with van der Waals surface area (Å²) in [5.74, 6) is 1.22. The summed E-state index contributed by atoms with van der Waals surface area (Å²) in [4.78, 5) is 15.6. The normalized spacial score (nSPS) is 16.8. The van der Waals surface area contributed by atoms with Crippen LogP contribution in [-0.2, 0) is 4.79 Å². The molecule has 1 aliphatic rings. The molecule has 0 radical (unpaired) electrons. The molecule has 3 heterocycles. The summed E-state index contributed by atoms with van der Waals surface area (Å²) in [6.45, 7) is 5.85.